The van der Waals surface area contributed by atoms with Crippen LogP contribution in [0, 0.1) is 0 Å². The zero-order valence-electron chi connectivity index (χ0n) is 18.1. The fraction of sp³-hybridized carbons (Fsp3) is 0.462. The van der Waals surface area contributed by atoms with Crippen molar-refractivity contribution in [3.63, 3.8) is 0 Å². The molecular formula is C26H34O4. The lowest BCUT2D eigenvalue weighted by atomic mass is 9.99. The molecule has 30 heavy (non-hydrogen) atoms. The second kappa shape index (κ2) is 13.6. The van der Waals surface area contributed by atoms with Crippen LogP contribution in [0.3, 0.4) is 0 Å². The van der Waals surface area contributed by atoms with E-state index in [-0.39, 0.29) is 17.7 Å². The number of carboxylic acid groups (broad SMARTS) is 1. The summed E-state index contributed by atoms with van der Waals surface area (Å²) in [6.45, 7) is 2.36. The van der Waals surface area contributed by atoms with Crippen molar-refractivity contribution in [1.82, 2.24) is 0 Å². The number of carbonyl (C=O) groups excluding carboxylic acids is 1. The summed E-state index contributed by atoms with van der Waals surface area (Å²) in [6.07, 6.45) is 12.1. The van der Waals surface area contributed by atoms with E-state index < -0.39 is 11.9 Å². The summed E-state index contributed by atoms with van der Waals surface area (Å²) in [5, 5.41) is 9.55. The van der Waals surface area contributed by atoms with Gasteiger partial charge in [-0.1, -0.05) is 94.7 Å². The lowest BCUT2D eigenvalue weighted by molar-refractivity contribution is 0.0463. The van der Waals surface area contributed by atoms with Gasteiger partial charge in [0.25, 0.3) is 0 Å². The highest BCUT2D eigenvalue weighted by Crippen LogP contribution is 2.18. The Bertz CT molecular complexity index is 783. The van der Waals surface area contributed by atoms with Gasteiger partial charge in [-0.2, -0.15) is 0 Å². The highest BCUT2D eigenvalue weighted by atomic mass is 16.5. The monoisotopic (exact) mass is 410 g/mol. The molecule has 0 spiro atoms. The summed E-state index contributed by atoms with van der Waals surface area (Å²) in [6, 6.07) is 14.4. The Hall–Kier alpha value is -2.62. The van der Waals surface area contributed by atoms with E-state index >= 15 is 0 Å². The first-order valence-electron chi connectivity index (χ1n) is 11.2. The van der Waals surface area contributed by atoms with Crippen molar-refractivity contribution >= 4 is 11.9 Å². The standard InChI is InChI=1S/C26H34O4/c1-2-3-4-5-6-7-8-9-11-14-21-17-18-23(24(19-21)25(27)28)26(29)30-20-22-15-12-10-13-16-22/h10,12-13,15-19H,2-9,11,14,20H2,1H3,(H,27,28). The largest absolute Gasteiger partial charge is 0.478 e. The third-order valence-corrected chi connectivity index (χ3v) is 5.32. The number of aryl methyl sites for hydroxylation is 1. The molecule has 2 rings (SSSR count). The highest BCUT2D eigenvalue weighted by molar-refractivity contribution is 6.02. The summed E-state index contributed by atoms with van der Waals surface area (Å²) in [5.74, 6) is -1.71. The Morgan fingerprint density at radius 2 is 1.40 bits per heavy atom. The first-order valence-corrected chi connectivity index (χ1v) is 11.2. The van der Waals surface area contributed by atoms with E-state index in [4.69, 9.17) is 4.74 Å². The number of carboxylic acids is 1. The van der Waals surface area contributed by atoms with E-state index in [1.807, 2.05) is 36.4 Å². The topological polar surface area (TPSA) is 63.6 Å². The van der Waals surface area contributed by atoms with Gasteiger partial charge < -0.3 is 9.84 Å². The van der Waals surface area contributed by atoms with Gasteiger partial charge in [0.2, 0.25) is 0 Å². The van der Waals surface area contributed by atoms with Gasteiger partial charge in [-0.3, -0.25) is 0 Å². The molecule has 0 aliphatic rings. The molecule has 0 unspecified atom stereocenters. The summed E-state index contributed by atoms with van der Waals surface area (Å²) in [4.78, 5) is 24.1. The van der Waals surface area contributed by atoms with Crippen molar-refractivity contribution in [2.45, 2.75) is 77.7 Å². The molecule has 0 heterocycles. The molecule has 0 aliphatic carbocycles. The van der Waals surface area contributed by atoms with Crippen LogP contribution >= 0.6 is 0 Å². The van der Waals surface area contributed by atoms with Crippen LogP contribution in [-0.2, 0) is 17.8 Å². The van der Waals surface area contributed by atoms with Gasteiger partial charge >= 0.3 is 11.9 Å². The quantitative estimate of drug-likeness (QED) is 0.274. The summed E-state index contributed by atoms with van der Waals surface area (Å²) in [5.41, 5.74) is 1.94. The molecule has 0 fully saturated rings. The molecule has 4 heteroatoms. The van der Waals surface area contributed by atoms with E-state index in [2.05, 4.69) is 6.92 Å². The summed E-state index contributed by atoms with van der Waals surface area (Å²) >= 11 is 0. The van der Waals surface area contributed by atoms with Gasteiger partial charge in [0.15, 0.2) is 0 Å². The molecule has 1 N–H and O–H groups in total. The molecule has 0 radical (unpaired) electrons. The van der Waals surface area contributed by atoms with Crippen LogP contribution < -0.4 is 0 Å². The minimum Gasteiger partial charge on any atom is -0.478 e. The van der Waals surface area contributed by atoms with Gasteiger partial charge in [-0.15, -0.1) is 0 Å². The highest BCUT2D eigenvalue weighted by Gasteiger charge is 2.18. The summed E-state index contributed by atoms with van der Waals surface area (Å²) in [7, 11) is 0. The van der Waals surface area contributed by atoms with Gasteiger partial charge in [-0.25, -0.2) is 9.59 Å². The predicted octanol–water partition coefficient (Wildman–Crippen LogP) is 6.82. The molecule has 0 aliphatic heterocycles. The normalized spacial score (nSPS) is 10.7. The van der Waals surface area contributed by atoms with Crippen molar-refractivity contribution in [2.24, 2.45) is 0 Å². The lowest BCUT2D eigenvalue weighted by Gasteiger charge is -2.10. The van der Waals surface area contributed by atoms with Crippen LogP contribution in [0.5, 0.6) is 0 Å². The number of hydrogen-bond acceptors (Lipinski definition) is 3. The number of aromatic carboxylic acids is 1. The van der Waals surface area contributed by atoms with E-state index in [1.54, 1.807) is 12.1 Å². The fourth-order valence-electron chi connectivity index (χ4n) is 3.54. The second-order valence-corrected chi connectivity index (χ2v) is 7.83. The zero-order chi connectivity index (χ0) is 21.6. The number of benzene rings is 2. The van der Waals surface area contributed by atoms with Crippen LogP contribution in [0.4, 0.5) is 0 Å². The number of ether oxygens (including phenoxy) is 1. The van der Waals surface area contributed by atoms with Crippen LogP contribution in [0.2, 0.25) is 0 Å². The number of esters is 1. The molecule has 0 bridgehead atoms. The van der Waals surface area contributed by atoms with E-state index in [0.717, 1.165) is 30.4 Å². The van der Waals surface area contributed by atoms with Gasteiger partial charge in [0.1, 0.15) is 6.61 Å². The molecular weight excluding hydrogens is 376 g/mol. The molecule has 2 aromatic carbocycles. The second-order valence-electron chi connectivity index (χ2n) is 7.83. The molecule has 0 saturated carbocycles. The van der Waals surface area contributed by atoms with E-state index in [1.165, 1.54) is 44.9 Å². The van der Waals surface area contributed by atoms with E-state index in [0.29, 0.717) is 0 Å². The molecule has 0 saturated heterocycles. The van der Waals surface area contributed by atoms with Crippen molar-refractivity contribution in [1.29, 1.82) is 0 Å². The average Bonchev–Trinajstić information content (AvgIpc) is 2.77. The lowest BCUT2D eigenvalue weighted by Crippen LogP contribution is -2.12. The molecule has 0 aromatic heterocycles. The maximum Gasteiger partial charge on any atom is 0.339 e. The average molecular weight is 411 g/mol. The first kappa shape index (κ1) is 23.7. The molecule has 0 atom stereocenters. The van der Waals surface area contributed by atoms with Crippen molar-refractivity contribution < 1.29 is 19.4 Å². The minimum atomic E-state index is -1.10. The van der Waals surface area contributed by atoms with Crippen LogP contribution in [0.15, 0.2) is 48.5 Å². The molecule has 162 valence electrons. The predicted molar refractivity (Wildman–Crippen MR) is 120 cm³/mol. The Morgan fingerprint density at radius 1 is 0.767 bits per heavy atom. The van der Waals surface area contributed by atoms with Gasteiger partial charge in [0, 0.05) is 0 Å². The maximum absolute atomic E-state index is 12.4. The number of unbranched alkanes of at least 4 members (excludes halogenated alkanes) is 8. The smallest absolute Gasteiger partial charge is 0.339 e. The summed E-state index contributed by atoms with van der Waals surface area (Å²) < 4.78 is 5.30. The van der Waals surface area contributed by atoms with E-state index in [9.17, 15) is 14.7 Å². The van der Waals surface area contributed by atoms with Gasteiger partial charge in [0.05, 0.1) is 11.1 Å². The van der Waals surface area contributed by atoms with Crippen molar-refractivity contribution in [3.8, 4) is 0 Å². The third kappa shape index (κ3) is 8.40. The third-order valence-electron chi connectivity index (χ3n) is 5.32. The number of rotatable bonds is 14. The van der Waals surface area contributed by atoms with Crippen molar-refractivity contribution in [3.05, 3.63) is 70.8 Å². The number of hydrogen-bond donors (Lipinski definition) is 1. The van der Waals surface area contributed by atoms with Crippen LogP contribution in [0.25, 0.3) is 0 Å². The minimum absolute atomic E-state index is 0.0153. The zero-order valence-corrected chi connectivity index (χ0v) is 18.1. The van der Waals surface area contributed by atoms with Crippen LogP contribution in [0.1, 0.15) is 96.6 Å². The van der Waals surface area contributed by atoms with Crippen LogP contribution in [-0.4, -0.2) is 17.0 Å². The molecule has 0 amide bonds. The molecule has 4 nitrogen and oxygen atoms in total. The Morgan fingerprint density at radius 3 is 2.03 bits per heavy atom. The maximum atomic E-state index is 12.4. The Balaban J connectivity index is 1.81. The number of carbonyl (C=O) groups is 2. The van der Waals surface area contributed by atoms with Crippen molar-refractivity contribution in [2.75, 3.05) is 0 Å². The van der Waals surface area contributed by atoms with Gasteiger partial charge in [-0.05, 0) is 36.1 Å². The Labute approximate surface area is 180 Å². The first-order chi connectivity index (χ1) is 14.6. The molecule has 2 aromatic rings. The SMILES string of the molecule is CCCCCCCCCCCc1ccc(C(=O)OCc2ccccc2)c(C(=O)O)c1. The Kier molecular flexibility index (Phi) is 10.7. The fourth-order valence-corrected chi connectivity index (χ4v) is 3.54.